The summed E-state index contributed by atoms with van der Waals surface area (Å²) in [4.78, 5) is 16.2. The van der Waals surface area contributed by atoms with E-state index < -0.39 is 5.91 Å². The highest BCUT2D eigenvalue weighted by molar-refractivity contribution is 9.08. The number of amides is 1. The number of pyridine rings is 1. The standard InChI is InChI=1S/C20H16BrClN2O2/c1-26-19-14(20(23)25)7-5-13(11-21)18(19)12-6-8-16(22)15(10-12)17-4-2-3-9-24-17/h2-10H,11H2,1H3,(H2,23,25). The van der Waals surface area contributed by atoms with Gasteiger partial charge in [0.15, 0.2) is 0 Å². The van der Waals surface area contributed by atoms with E-state index in [1.165, 1.54) is 7.11 Å². The molecule has 0 atom stereocenters. The van der Waals surface area contributed by atoms with Gasteiger partial charge >= 0.3 is 0 Å². The maximum absolute atomic E-state index is 11.8. The Kier molecular flexibility index (Phi) is 5.59. The van der Waals surface area contributed by atoms with E-state index in [1.54, 1.807) is 12.3 Å². The van der Waals surface area contributed by atoms with Crippen LogP contribution in [0.2, 0.25) is 5.02 Å². The third-order valence-electron chi connectivity index (χ3n) is 4.05. The number of carbonyl (C=O) groups excluding carboxylic acids is 1. The van der Waals surface area contributed by atoms with E-state index in [9.17, 15) is 4.79 Å². The van der Waals surface area contributed by atoms with Crippen molar-refractivity contribution in [3.63, 3.8) is 0 Å². The van der Waals surface area contributed by atoms with Crippen LogP contribution in [0.15, 0.2) is 54.7 Å². The van der Waals surface area contributed by atoms with Crippen molar-refractivity contribution >= 4 is 33.4 Å². The molecule has 2 aromatic carbocycles. The van der Waals surface area contributed by atoms with Gasteiger partial charge < -0.3 is 10.5 Å². The van der Waals surface area contributed by atoms with E-state index in [0.717, 1.165) is 27.9 Å². The lowest BCUT2D eigenvalue weighted by Gasteiger charge is -2.17. The molecule has 0 aliphatic heterocycles. The normalized spacial score (nSPS) is 10.6. The average Bonchev–Trinajstić information content (AvgIpc) is 2.67. The number of carbonyl (C=O) groups is 1. The van der Waals surface area contributed by atoms with Crippen LogP contribution in [-0.2, 0) is 5.33 Å². The highest BCUT2D eigenvalue weighted by atomic mass is 79.9. The molecular weight excluding hydrogens is 416 g/mol. The minimum absolute atomic E-state index is 0.335. The maximum atomic E-state index is 11.8. The van der Waals surface area contributed by atoms with E-state index in [4.69, 9.17) is 22.1 Å². The predicted octanol–water partition coefficient (Wildman–Crippen LogP) is 5.07. The first-order valence-electron chi connectivity index (χ1n) is 7.83. The van der Waals surface area contributed by atoms with Gasteiger partial charge in [0.05, 0.1) is 18.4 Å². The fraction of sp³-hybridized carbons (Fsp3) is 0.100. The summed E-state index contributed by atoms with van der Waals surface area (Å²) in [5.41, 5.74) is 10.1. The Bertz CT molecular complexity index is 962. The highest BCUT2D eigenvalue weighted by Gasteiger charge is 2.19. The van der Waals surface area contributed by atoms with Gasteiger partial charge in [0.25, 0.3) is 5.91 Å². The van der Waals surface area contributed by atoms with Gasteiger partial charge in [-0.1, -0.05) is 45.7 Å². The number of hydrogen-bond donors (Lipinski definition) is 1. The summed E-state index contributed by atoms with van der Waals surface area (Å²) >= 11 is 9.89. The molecular formula is C20H16BrClN2O2. The van der Waals surface area contributed by atoms with E-state index in [-0.39, 0.29) is 0 Å². The minimum Gasteiger partial charge on any atom is -0.495 e. The zero-order chi connectivity index (χ0) is 18.7. The Morgan fingerprint density at radius 1 is 1.23 bits per heavy atom. The van der Waals surface area contributed by atoms with Crippen molar-refractivity contribution in [2.75, 3.05) is 7.11 Å². The summed E-state index contributed by atoms with van der Waals surface area (Å²) in [6.07, 6.45) is 1.72. The average molecular weight is 432 g/mol. The molecule has 1 aromatic heterocycles. The molecule has 2 N–H and O–H groups in total. The first-order valence-corrected chi connectivity index (χ1v) is 9.33. The molecule has 6 heteroatoms. The van der Waals surface area contributed by atoms with Crippen molar-refractivity contribution in [1.82, 2.24) is 4.98 Å². The monoisotopic (exact) mass is 430 g/mol. The Morgan fingerprint density at radius 3 is 2.65 bits per heavy atom. The number of ether oxygens (including phenoxy) is 1. The lowest BCUT2D eigenvalue weighted by molar-refractivity contribution is 0.0997. The molecule has 0 spiro atoms. The summed E-state index contributed by atoms with van der Waals surface area (Å²) in [7, 11) is 1.53. The topological polar surface area (TPSA) is 65.2 Å². The fourth-order valence-corrected chi connectivity index (χ4v) is 3.54. The quantitative estimate of drug-likeness (QED) is 0.573. The van der Waals surface area contributed by atoms with Crippen LogP contribution in [0.4, 0.5) is 0 Å². The second kappa shape index (κ2) is 7.89. The summed E-state index contributed by atoms with van der Waals surface area (Å²) in [5.74, 6) is -0.0909. The third-order valence-corrected chi connectivity index (χ3v) is 4.99. The number of aromatic nitrogens is 1. The molecule has 4 nitrogen and oxygen atoms in total. The number of benzene rings is 2. The van der Waals surface area contributed by atoms with Crippen molar-refractivity contribution in [2.45, 2.75) is 5.33 Å². The van der Waals surface area contributed by atoms with Gasteiger partial charge in [-0.3, -0.25) is 9.78 Å². The van der Waals surface area contributed by atoms with Crippen LogP contribution in [0.3, 0.4) is 0 Å². The number of alkyl halides is 1. The van der Waals surface area contributed by atoms with Gasteiger partial charge in [0.1, 0.15) is 5.75 Å². The van der Waals surface area contributed by atoms with Crippen LogP contribution in [0.25, 0.3) is 22.4 Å². The molecule has 0 aliphatic carbocycles. The van der Waals surface area contributed by atoms with Gasteiger partial charge in [0, 0.05) is 27.7 Å². The van der Waals surface area contributed by atoms with Crippen molar-refractivity contribution in [1.29, 1.82) is 0 Å². The molecule has 0 saturated carbocycles. The Labute approximate surface area is 165 Å². The molecule has 0 aliphatic rings. The van der Waals surface area contributed by atoms with Crippen molar-refractivity contribution < 1.29 is 9.53 Å². The van der Waals surface area contributed by atoms with E-state index in [1.807, 2.05) is 42.5 Å². The summed E-state index contributed by atoms with van der Waals surface area (Å²) < 4.78 is 5.54. The lowest BCUT2D eigenvalue weighted by Crippen LogP contribution is -2.13. The second-order valence-electron chi connectivity index (χ2n) is 5.59. The molecule has 0 radical (unpaired) electrons. The van der Waals surface area contributed by atoms with Crippen molar-refractivity contribution in [3.8, 4) is 28.1 Å². The number of hydrogen-bond acceptors (Lipinski definition) is 3. The molecule has 3 aromatic rings. The maximum Gasteiger partial charge on any atom is 0.252 e. The first-order chi connectivity index (χ1) is 12.6. The van der Waals surface area contributed by atoms with E-state index >= 15 is 0 Å². The number of halogens is 2. The zero-order valence-electron chi connectivity index (χ0n) is 14.0. The summed E-state index contributed by atoms with van der Waals surface area (Å²) in [5, 5.41) is 1.19. The molecule has 132 valence electrons. The fourth-order valence-electron chi connectivity index (χ4n) is 2.86. The smallest absolute Gasteiger partial charge is 0.252 e. The summed E-state index contributed by atoms with van der Waals surface area (Å²) in [6, 6.07) is 14.8. The molecule has 26 heavy (non-hydrogen) atoms. The number of primary amides is 1. The van der Waals surface area contributed by atoms with Gasteiger partial charge in [-0.2, -0.15) is 0 Å². The van der Waals surface area contributed by atoms with Crippen molar-refractivity contribution in [3.05, 3.63) is 70.9 Å². The Morgan fingerprint density at radius 2 is 2.04 bits per heavy atom. The van der Waals surface area contributed by atoms with Crippen molar-refractivity contribution in [2.24, 2.45) is 5.73 Å². The zero-order valence-corrected chi connectivity index (χ0v) is 16.3. The molecule has 0 bridgehead atoms. The SMILES string of the molecule is COc1c(C(N)=O)ccc(CBr)c1-c1ccc(Cl)c(-c2ccccn2)c1. The highest BCUT2D eigenvalue weighted by Crippen LogP contribution is 2.40. The van der Waals surface area contributed by atoms with Crippen LogP contribution in [0.5, 0.6) is 5.75 Å². The van der Waals surface area contributed by atoms with Crippen LogP contribution in [0, 0.1) is 0 Å². The van der Waals surface area contributed by atoms with Crippen LogP contribution in [0.1, 0.15) is 15.9 Å². The van der Waals surface area contributed by atoms with Gasteiger partial charge in [-0.15, -0.1) is 0 Å². The third kappa shape index (κ3) is 3.45. The number of nitrogens with two attached hydrogens (primary N) is 1. The molecule has 0 unspecified atom stereocenters. The van der Waals surface area contributed by atoms with Crippen LogP contribution < -0.4 is 10.5 Å². The molecule has 0 fully saturated rings. The molecule has 1 heterocycles. The summed E-state index contributed by atoms with van der Waals surface area (Å²) in [6.45, 7) is 0. The number of rotatable bonds is 5. The molecule has 1 amide bonds. The van der Waals surface area contributed by atoms with Crippen LogP contribution in [-0.4, -0.2) is 18.0 Å². The van der Waals surface area contributed by atoms with E-state index in [2.05, 4.69) is 20.9 Å². The van der Waals surface area contributed by atoms with Gasteiger partial charge in [-0.25, -0.2) is 0 Å². The Balaban J connectivity index is 2.27. The van der Waals surface area contributed by atoms with Crippen LogP contribution >= 0.6 is 27.5 Å². The Hall–Kier alpha value is -2.37. The van der Waals surface area contributed by atoms with Gasteiger partial charge in [0.2, 0.25) is 0 Å². The predicted molar refractivity (Wildman–Crippen MR) is 108 cm³/mol. The van der Waals surface area contributed by atoms with Gasteiger partial charge in [-0.05, 0) is 41.5 Å². The molecule has 0 saturated heterocycles. The minimum atomic E-state index is -0.539. The largest absolute Gasteiger partial charge is 0.495 e. The first kappa shape index (κ1) is 18.4. The second-order valence-corrected chi connectivity index (χ2v) is 6.56. The number of nitrogens with zero attached hydrogens (tertiary/aromatic N) is 1. The number of methoxy groups -OCH3 is 1. The van der Waals surface area contributed by atoms with E-state index in [0.29, 0.717) is 21.7 Å². The lowest BCUT2D eigenvalue weighted by atomic mass is 9.94. The molecule has 3 rings (SSSR count).